The lowest BCUT2D eigenvalue weighted by Gasteiger charge is -2.24. The largest absolute Gasteiger partial charge is 0.455 e. The Morgan fingerprint density at radius 2 is 1.72 bits per heavy atom. The second-order valence-electron chi connectivity index (χ2n) is 5.09. The predicted molar refractivity (Wildman–Crippen MR) is 77.4 cm³/mol. The number of unbranched alkanes of at least 4 members (excludes halogenated alkanes) is 1. The van der Waals surface area contributed by atoms with E-state index in [2.05, 4.69) is 12.2 Å². The topological polar surface area (TPSA) is 26.3 Å². The molecule has 0 heterocycles. The van der Waals surface area contributed by atoms with E-state index in [0.717, 1.165) is 25.7 Å². The zero-order valence-corrected chi connectivity index (χ0v) is 12.5. The fraction of sp³-hybridized carbons (Fsp3) is 0.688. The highest BCUT2D eigenvalue weighted by molar-refractivity contribution is 5.72. The van der Waals surface area contributed by atoms with Gasteiger partial charge in [0.05, 0.1) is 5.92 Å². The molecule has 0 amide bonds. The number of allylic oxidation sites excluding steroid dienone is 3. The molecule has 0 fully saturated rings. The van der Waals surface area contributed by atoms with Crippen LogP contribution in [0.25, 0.3) is 0 Å². The van der Waals surface area contributed by atoms with Crippen molar-refractivity contribution in [3.8, 4) is 0 Å². The standard InChI is InChI=1S/C16H28O2/c1-6-9-10-11-12-13-16(4,5)18-15(17)14(7-2)8-3/h6,9,12-14H,7-8,10-11H2,1-5H3. The molecule has 18 heavy (non-hydrogen) atoms. The molecule has 0 aromatic carbocycles. The SMILES string of the molecule is CC=CCCC=CC(C)(C)OC(=O)C(CC)CC. The molecule has 0 saturated heterocycles. The van der Waals surface area contributed by atoms with Gasteiger partial charge < -0.3 is 4.74 Å². The van der Waals surface area contributed by atoms with Crippen LogP contribution in [0.5, 0.6) is 0 Å². The van der Waals surface area contributed by atoms with Crippen LogP contribution in [0.1, 0.15) is 60.3 Å². The molecule has 2 nitrogen and oxygen atoms in total. The summed E-state index contributed by atoms with van der Waals surface area (Å²) >= 11 is 0. The first-order valence-electron chi connectivity index (χ1n) is 6.98. The quantitative estimate of drug-likeness (QED) is 0.357. The fourth-order valence-corrected chi connectivity index (χ4v) is 1.72. The smallest absolute Gasteiger partial charge is 0.309 e. The van der Waals surface area contributed by atoms with Gasteiger partial charge in [-0.15, -0.1) is 0 Å². The van der Waals surface area contributed by atoms with Crippen molar-refractivity contribution in [3.63, 3.8) is 0 Å². The van der Waals surface area contributed by atoms with Crippen LogP contribution in [0.3, 0.4) is 0 Å². The molecule has 2 heteroatoms. The number of ether oxygens (including phenoxy) is 1. The second-order valence-corrected chi connectivity index (χ2v) is 5.09. The predicted octanol–water partition coefficient (Wildman–Crippen LogP) is 4.66. The number of carbonyl (C=O) groups excluding carboxylic acids is 1. The first kappa shape index (κ1) is 16.9. The van der Waals surface area contributed by atoms with Gasteiger partial charge in [-0.3, -0.25) is 4.79 Å². The lowest BCUT2D eigenvalue weighted by molar-refractivity contribution is -0.157. The van der Waals surface area contributed by atoms with E-state index < -0.39 is 5.60 Å². The van der Waals surface area contributed by atoms with E-state index >= 15 is 0 Å². The van der Waals surface area contributed by atoms with E-state index in [4.69, 9.17) is 4.74 Å². The van der Waals surface area contributed by atoms with Crippen molar-refractivity contribution >= 4 is 5.97 Å². The Morgan fingerprint density at radius 1 is 1.17 bits per heavy atom. The molecule has 0 bridgehead atoms. The monoisotopic (exact) mass is 252 g/mol. The van der Waals surface area contributed by atoms with Gasteiger partial charge in [-0.2, -0.15) is 0 Å². The average molecular weight is 252 g/mol. The molecule has 0 unspecified atom stereocenters. The zero-order valence-electron chi connectivity index (χ0n) is 12.5. The van der Waals surface area contributed by atoms with Gasteiger partial charge in [-0.25, -0.2) is 0 Å². The Hall–Kier alpha value is -1.05. The lowest BCUT2D eigenvalue weighted by atomic mass is 10.0. The van der Waals surface area contributed by atoms with Crippen LogP contribution in [0.15, 0.2) is 24.3 Å². The third kappa shape index (κ3) is 7.31. The minimum Gasteiger partial charge on any atom is -0.455 e. The van der Waals surface area contributed by atoms with E-state index in [-0.39, 0.29) is 11.9 Å². The maximum Gasteiger partial charge on any atom is 0.309 e. The van der Waals surface area contributed by atoms with Crippen LogP contribution in [-0.2, 0) is 9.53 Å². The third-order valence-corrected chi connectivity index (χ3v) is 2.94. The van der Waals surface area contributed by atoms with Crippen molar-refractivity contribution in [3.05, 3.63) is 24.3 Å². The molecular weight excluding hydrogens is 224 g/mol. The van der Waals surface area contributed by atoms with Crippen molar-refractivity contribution < 1.29 is 9.53 Å². The van der Waals surface area contributed by atoms with Gasteiger partial charge in [0, 0.05) is 0 Å². The minimum absolute atomic E-state index is 0.0284. The van der Waals surface area contributed by atoms with E-state index in [1.54, 1.807) is 0 Å². The van der Waals surface area contributed by atoms with Crippen molar-refractivity contribution in [2.75, 3.05) is 0 Å². The molecule has 0 aliphatic heterocycles. The summed E-state index contributed by atoms with van der Waals surface area (Å²) in [6, 6.07) is 0. The van der Waals surface area contributed by atoms with Crippen molar-refractivity contribution in [2.24, 2.45) is 5.92 Å². The molecule has 0 aromatic heterocycles. The van der Waals surface area contributed by atoms with Gasteiger partial charge in [-0.05, 0) is 52.5 Å². The highest BCUT2D eigenvalue weighted by Crippen LogP contribution is 2.18. The third-order valence-electron chi connectivity index (χ3n) is 2.94. The van der Waals surface area contributed by atoms with E-state index in [1.807, 2.05) is 46.8 Å². The highest BCUT2D eigenvalue weighted by Gasteiger charge is 2.23. The summed E-state index contributed by atoms with van der Waals surface area (Å²) in [5, 5.41) is 0. The van der Waals surface area contributed by atoms with Crippen molar-refractivity contribution in [1.29, 1.82) is 0 Å². The summed E-state index contributed by atoms with van der Waals surface area (Å²) in [7, 11) is 0. The summed E-state index contributed by atoms with van der Waals surface area (Å²) < 4.78 is 5.54. The highest BCUT2D eigenvalue weighted by atomic mass is 16.6. The van der Waals surface area contributed by atoms with E-state index in [0.29, 0.717) is 0 Å². The van der Waals surface area contributed by atoms with E-state index in [1.165, 1.54) is 0 Å². The molecular formula is C16H28O2. The number of hydrogen-bond donors (Lipinski definition) is 0. The molecule has 0 atom stereocenters. The summed E-state index contributed by atoms with van der Waals surface area (Å²) in [6.07, 6.45) is 11.9. The Bertz CT molecular complexity index is 283. The average Bonchev–Trinajstić information content (AvgIpc) is 2.29. The molecule has 104 valence electrons. The zero-order chi connectivity index (χ0) is 14.0. The number of rotatable bonds is 8. The van der Waals surface area contributed by atoms with Crippen LogP contribution in [0, 0.1) is 5.92 Å². The van der Waals surface area contributed by atoms with E-state index in [9.17, 15) is 4.79 Å². The first-order valence-corrected chi connectivity index (χ1v) is 6.98. The molecule has 0 radical (unpaired) electrons. The molecule has 0 aliphatic rings. The maximum absolute atomic E-state index is 11.9. The normalized spacial score (nSPS) is 12.8. The molecule has 0 aromatic rings. The molecule has 0 N–H and O–H groups in total. The van der Waals surface area contributed by atoms with Crippen LogP contribution in [0.4, 0.5) is 0 Å². The molecule has 0 aliphatic carbocycles. The van der Waals surface area contributed by atoms with Gasteiger partial charge >= 0.3 is 5.97 Å². The van der Waals surface area contributed by atoms with Gasteiger partial charge in [0.1, 0.15) is 5.60 Å². The summed E-state index contributed by atoms with van der Waals surface area (Å²) in [4.78, 5) is 11.9. The van der Waals surface area contributed by atoms with Crippen LogP contribution in [0.2, 0.25) is 0 Å². The van der Waals surface area contributed by atoms with Crippen LogP contribution < -0.4 is 0 Å². The Morgan fingerprint density at radius 3 is 2.22 bits per heavy atom. The van der Waals surface area contributed by atoms with Crippen LogP contribution >= 0.6 is 0 Å². The van der Waals surface area contributed by atoms with Crippen LogP contribution in [-0.4, -0.2) is 11.6 Å². The minimum atomic E-state index is -0.504. The fourth-order valence-electron chi connectivity index (χ4n) is 1.72. The second kappa shape index (κ2) is 8.96. The molecule has 0 spiro atoms. The van der Waals surface area contributed by atoms with Crippen molar-refractivity contribution in [2.45, 2.75) is 65.9 Å². The molecule has 0 saturated carbocycles. The maximum atomic E-state index is 11.9. The van der Waals surface area contributed by atoms with Gasteiger partial charge in [0.2, 0.25) is 0 Å². The summed E-state index contributed by atoms with van der Waals surface area (Å²) in [5.41, 5.74) is -0.504. The number of hydrogen-bond acceptors (Lipinski definition) is 2. The summed E-state index contributed by atoms with van der Waals surface area (Å²) in [6.45, 7) is 9.93. The van der Waals surface area contributed by atoms with Gasteiger partial charge in [0.15, 0.2) is 0 Å². The Labute approximate surface area is 112 Å². The van der Waals surface area contributed by atoms with Crippen molar-refractivity contribution in [1.82, 2.24) is 0 Å². The Kier molecular flexibility index (Phi) is 8.43. The number of esters is 1. The number of carbonyl (C=O) groups is 1. The Balaban J connectivity index is 4.24. The van der Waals surface area contributed by atoms with Gasteiger partial charge in [0.25, 0.3) is 0 Å². The summed E-state index contributed by atoms with van der Waals surface area (Å²) in [5.74, 6) is -0.0520. The first-order chi connectivity index (χ1) is 8.46. The molecule has 0 rings (SSSR count). The van der Waals surface area contributed by atoms with Gasteiger partial charge in [-0.1, -0.05) is 32.1 Å². The lowest BCUT2D eigenvalue weighted by Crippen LogP contribution is -2.29.